The summed E-state index contributed by atoms with van der Waals surface area (Å²) in [5, 5.41) is 3.51. The van der Waals surface area contributed by atoms with Crippen molar-refractivity contribution in [2.75, 3.05) is 13.2 Å². The highest BCUT2D eigenvalue weighted by atomic mass is 16.5. The molecule has 1 rings (SSSR count). The van der Waals surface area contributed by atoms with Gasteiger partial charge in [0.25, 0.3) is 0 Å². The first-order valence-corrected chi connectivity index (χ1v) is 7.63. The van der Waals surface area contributed by atoms with Crippen LogP contribution < -0.4 is 5.32 Å². The Morgan fingerprint density at radius 3 is 2.17 bits per heavy atom. The molecule has 0 aromatic rings. The van der Waals surface area contributed by atoms with Gasteiger partial charge in [0, 0.05) is 18.0 Å². The fourth-order valence-electron chi connectivity index (χ4n) is 2.88. The number of hydrogen-bond donors (Lipinski definition) is 1. The lowest BCUT2D eigenvalue weighted by atomic mass is 9.81. The molecule has 0 saturated heterocycles. The molecular weight excluding hydrogens is 222 g/mol. The molecule has 0 radical (unpaired) electrons. The van der Waals surface area contributed by atoms with Crippen LogP contribution in [0.5, 0.6) is 0 Å². The third-order valence-corrected chi connectivity index (χ3v) is 3.83. The Hall–Kier alpha value is -0.0800. The van der Waals surface area contributed by atoms with Crippen molar-refractivity contribution in [3.05, 3.63) is 0 Å². The van der Waals surface area contributed by atoms with Crippen molar-refractivity contribution in [1.29, 1.82) is 0 Å². The Morgan fingerprint density at radius 2 is 1.67 bits per heavy atom. The van der Waals surface area contributed by atoms with Gasteiger partial charge in [0.15, 0.2) is 0 Å². The molecule has 0 heterocycles. The van der Waals surface area contributed by atoms with Crippen LogP contribution in [0.1, 0.15) is 60.8 Å². The van der Waals surface area contributed by atoms with Gasteiger partial charge in [0.1, 0.15) is 0 Å². The number of nitrogens with one attached hydrogen (secondary N) is 1. The molecule has 2 unspecified atom stereocenters. The van der Waals surface area contributed by atoms with Gasteiger partial charge in [-0.1, -0.05) is 41.5 Å². The summed E-state index contributed by atoms with van der Waals surface area (Å²) in [6, 6.07) is 0.555. The maximum Gasteiger partial charge on any atom is 0.0580 e. The van der Waals surface area contributed by atoms with Crippen molar-refractivity contribution in [3.8, 4) is 0 Å². The number of ether oxygens (including phenoxy) is 1. The molecule has 0 aliphatic heterocycles. The fraction of sp³-hybridized carbons (Fsp3) is 1.00. The van der Waals surface area contributed by atoms with E-state index in [1.165, 1.54) is 19.3 Å². The van der Waals surface area contributed by atoms with Gasteiger partial charge in [0.05, 0.1) is 12.7 Å². The maximum atomic E-state index is 6.18. The fourth-order valence-corrected chi connectivity index (χ4v) is 2.88. The monoisotopic (exact) mass is 255 g/mol. The Bertz CT molecular complexity index is 227. The summed E-state index contributed by atoms with van der Waals surface area (Å²) in [4.78, 5) is 0. The smallest absolute Gasteiger partial charge is 0.0580 e. The van der Waals surface area contributed by atoms with Crippen LogP contribution in [0.15, 0.2) is 0 Å². The van der Waals surface area contributed by atoms with Crippen molar-refractivity contribution in [2.45, 2.75) is 73.0 Å². The third kappa shape index (κ3) is 6.19. The van der Waals surface area contributed by atoms with Crippen LogP contribution in [0.25, 0.3) is 0 Å². The zero-order valence-electron chi connectivity index (χ0n) is 13.3. The molecule has 0 bridgehead atoms. The van der Waals surface area contributed by atoms with E-state index < -0.39 is 0 Å². The molecule has 108 valence electrons. The van der Waals surface area contributed by atoms with E-state index in [0.29, 0.717) is 12.1 Å². The van der Waals surface area contributed by atoms with E-state index in [9.17, 15) is 0 Å². The zero-order chi connectivity index (χ0) is 13.8. The highest BCUT2D eigenvalue weighted by molar-refractivity contribution is 4.78. The first kappa shape index (κ1) is 16.0. The predicted octanol–water partition coefficient (Wildman–Crippen LogP) is 3.85. The van der Waals surface area contributed by atoms with Crippen molar-refractivity contribution in [2.24, 2.45) is 17.3 Å². The van der Waals surface area contributed by atoms with E-state index in [2.05, 4.69) is 46.9 Å². The third-order valence-electron chi connectivity index (χ3n) is 3.83. The first-order valence-electron chi connectivity index (χ1n) is 7.63. The van der Waals surface area contributed by atoms with Gasteiger partial charge in [-0.3, -0.25) is 0 Å². The van der Waals surface area contributed by atoms with E-state index >= 15 is 0 Å². The molecule has 1 fully saturated rings. The molecule has 1 saturated carbocycles. The second-order valence-corrected chi connectivity index (χ2v) is 7.55. The molecule has 1 aliphatic carbocycles. The quantitative estimate of drug-likeness (QED) is 0.778. The molecular formula is C16H33NO. The Morgan fingerprint density at radius 1 is 1.11 bits per heavy atom. The molecule has 2 nitrogen and oxygen atoms in total. The summed E-state index contributed by atoms with van der Waals surface area (Å²) in [5.74, 6) is 1.66. The normalized spacial score (nSPS) is 29.8. The minimum Gasteiger partial charge on any atom is -0.378 e. The Balaban J connectivity index is 2.30. The van der Waals surface area contributed by atoms with Crippen LogP contribution in [-0.4, -0.2) is 25.3 Å². The molecule has 0 spiro atoms. The topological polar surface area (TPSA) is 21.3 Å². The molecule has 1 N–H and O–H groups in total. The second kappa shape index (κ2) is 6.91. The zero-order valence-corrected chi connectivity index (χ0v) is 13.3. The summed E-state index contributed by atoms with van der Waals surface area (Å²) in [7, 11) is 0. The van der Waals surface area contributed by atoms with Gasteiger partial charge in [0.2, 0.25) is 0 Å². The van der Waals surface area contributed by atoms with E-state index in [4.69, 9.17) is 4.74 Å². The van der Waals surface area contributed by atoms with Crippen LogP contribution >= 0.6 is 0 Å². The SMILES string of the molecule is CC1CC(C)CC(OCC(C)(C)CNC(C)C)C1. The number of hydrogen-bond acceptors (Lipinski definition) is 2. The summed E-state index contributed by atoms with van der Waals surface area (Å²) in [6.07, 6.45) is 4.36. The molecule has 0 amide bonds. The average Bonchev–Trinajstić information content (AvgIpc) is 2.23. The Labute approximate surface area is 114 Å². The van der Waals surface area contributed by atoms with Crippen LogP contribution in [0.2, 0.25) is 0 Å². The first-order chi connectivity index (χ1) is 8.28. The van der Waals surface area contributed by atoms with Crippen LogP contribution in [0, 0.1) is 17.3 Å². The van der Waals surface area contributed by atoms with E-state index in [1.807, 2.05) is 0 Å². The Kier molecular flexibility index (Phi) is 6.13. The average molecular weight is 255 g/mol. The van der Waals surface area contributed by atoms with Crippen LogP contribution in [0.3, 0.4) is 0 Å². The molecule has 18 heavy (non-hydrogen) atoms. The van der Waals surface area contributed by atoms with E-state index in [-0.39, 0.29) is 5.41 Å². The van der Waals surface area contributed by atoms with E-state index in [0.717, 1.165) is 25.0 Å². The highest BCUT2D eigenvalue weighted by Gasteiger charge is 2.27. The summed E-state index contributed by atoms with van der Waals surface area (Å²) < 4.78 is 6.18. The molecule has 2 heteroatoms. The minimum absolute atomic E-state index is 0.230. The lowest BCUT2D eigenvalue weighted by molar-refractivity contribution is -0.0342. The van der Waals surface area contributed by atoms with Gasteiger partial charge < -0.3 is 10.1 Å². The largest absolute Gasteiger partial charge is 0.378 e. The standard InChI is InChI=1S/C16H33NO/c1-12(2)17-10-16(5,6)11-18-15-8-13(3)7-14(4)9-15/h12-15,17H,7-11H2,1-6H3. The number of rotatable bonds is 6. The van der Waals surface area contributed by atoms with Crippen molar-refractivity contribution < 1.29 is 4.74 Å². The summed E-state index contributed by atoms with van der Waals surface area (Å²) in [6.45, 7) is 15.6. The van der Waals surface area contributed by atoms with Gasteiger partial charge in [-0.15, -0.1) is 0 Å². The van der Waals surface area contributed by atoms with Crippen molar-refractivity contribution >= 4 is 0 Å². The second-order valence-electron chi connectivity index (χ2n) is 7.55. The van der Waals surface area contributed by atoms with Gasteiger partial charge in [-0.05, 0) is 31.1 Å². The lowest BCUT2D eigenvalue weighted by Crippen LogP contribution is -2.38. The van der Waals surface area contributed by atoms with Gasteiger partial charge in [-0.25, -0.2) is 0 Å². The van der Waals surface area contributed by atoms with Gasteiger partial charge in [-0.2, -0.15) is 0 Å². The van der Waals surface area contributed by atoms with Crippen molar-refractivity contribution in [3.63, 3.8) is 0 Å². The molecule has 1 aliphatic rings. The summed E-state index contributed by atoms with van der Waals surface area (Å²) in [5.41, 5.74) is 0.230. The molecule has 0 aromatic heterocycles. The van der Waals surface area contributed by atoms with Gasteiger partial charge >= 0.3 is 0 Å². The highest BCUT2D eigenvalue weighted by Crippen LogP contribution is 2.31. The summed E-state index contributed by atoms with van der Waals surface area (Å²) >= 11 is 0. The van der Waals surface area contributed by atoms with Crippen molar-refractivity contribution in [1.82, 2.24) is 5.32 Å². The van der Waals surface area contributed by atoms with E-state index in [1.54, 1.807) is 0 Å². The predicted molar refractivity (Wildman–Crippen MR) is 78.8 cm³/mol. The minimum atomic E-state index is 0.230. The molecule has 0 aromatic carbocycles. The van der Waals surface area contributed by atoms with Crippen LogP contribution in [0.4, 0.5) is 0 Å². The van der Waals surface area contributed by atoms with Crippen LogP contribution in [-0.2, 0) is 4.74 Å². The maximum absolute atomic E-state index is 6.18. The lowest BCUT2D eigenvalue weighted by Gasteiger charge is -2.34. The molecule has 2 atom stereocenters.